The maximum Gasteiger partial charge on any atom is 0.0708 e. The molecule has 0 spiro atoms. The van der Waals surface area contributed by atoms with Crippen LogP contribution in [0.5, 0.6) is 0 Å². The fraction of sp³-hybridized carbons (Fsp3) is 0.258. The topological polar surface area (TPSA) is 12.9 Å². The Hall–Kier alpha value is -3.19. The highest BCUT2D eigenvalue weighted by Gasteiger charge is 2.41. The highest BCUT2D eigenvalue weighted by atomic mass is 14.7. The van der Waals surface area contributed by atoms with E-state index in [0.717, 1.165) is 42.5 Å². The normalized spacial score (nSPS) is 15.4. The molecule has 32 heavy (non-hydrogen) atoms. The SMILES string of the molecule is [2H]C([2H])([2H])c1cnc(-c2ccc3c(c2)C(CCC)(CCC)c2ccccc2-3)cc1-c1ccccc1. The van der Waals surface area contributed by atoms with Crippen LogP contribution in [-0.2, 0) is 5.41 Å². The Kier molecular flexibility index (Phi) is 4.56. The highest BCUT2D eigenvalue weighted by molar-refractivity contribution is 5.84. The summed E-state index contributed by atoms with van der Waals surface area (Å²) in [6.45, 7) is 2.31. The molecule has 1 aliphatic carbocycles. The zero-order valence-corrected chi connectivity index (χ0v) is 18.9. The van der Waals surface area contributed by atoms with E-state index in [4.69, 9.17) is 4.11 Å². The fourth-order valence-corrected chi connectivity index (χ4v) is 5.60. The lowest BCUT2D eigenvalue weighted by Gasteiger charge is -2.32. The van der Waals surface area contributed by atoms with Gasteiger partial charge in [0.05, 0.1) is 5.69 Å². The van der Waals surface area contributed by atoms with Crippen LogP contribution in [0.3, 0.4) is 0 Å². The molecule has 5 rings (SSSR count). The average molecular weight is 421 g/mol. The lowest BCUT2D eigenvalue weighted by Crippen LogP contribution is -2.25. The quantitative estimate of drug-likeness (QED) is 0.304. The molecule has 0 radical (unpaired) electrons. The lowest BCUT2D eigenvalue weighted by molar-refractivity contribution is 0.436. The average Bonchev–Trinajstić information content (AvgIpc) is 3.13. The van der Waals surface area contributed by atoms with Gasteiger partial charge in [-0.25, -0.2) is 0 Å². The molecule has 0 saturated heterocycles. The summed E-state index contributed by atoms with van der Waals surface area (Å²) in [5.41, 5.74) is 9.20. The Balaban J connectivity index is 1.69. The van der Waals surface area contributed by atoms with Crippen LogP contribution in [-0.4, -0.2) is 4.98 Å². The summed E-state index contributed by atoms with van der Waals surface area (Å²) in [5.74, 6) is 0. The van der Waals surface area contributed by atoms with Gasteiger partial charge in [0.2, 0.25) is 0 Å². The third-order valence-corrected chi connectivity index (χ3v) is 6.91. The molecule has 0 unspecified atom stereocenters. The molecule has 1 heterocycles. The van der Waals surface area contributed by atoms with Crippen molar-refractivity contribution >= 4 is 0 Å². The molecule has 0 fully saturated rings. The second-order valence-electron chi connectivity index (χ2n) is 8.87. The molecule has 0 atom stereocenters. The van der Waals surface area contributed by atoms with Crippen molar-refractivity contribution in [3.63, 3.8) is 0 Å². The number of hydrogen-bond donors (Lipinski definition) is 0. The number of aryl methyl sites for hydroxylation is 1. The van der Waals surface area contributed by atoms with Crippen molar-refractivity contribution in [3.8, 4) is 33.5 Å². The van der Waals surface area contributed by atoms with Gasteiger partial charge < -0.3 is 0 Å². The van der Waals surface area contributed by atoms with E-state index in [2.05, 4.69) is 61.3 Å². The molecule has 3 aromatic carbocycles. The minimum atomic E-state index is -2.23. The van der Waals surface area contributed by atoms with Crippen molar-refractivity contribution in [1.29, 1.82) is 0 Å². The van der Waals surface area contributed by atoms with E-state index in [1.165, 1.54) is 28.5 Å². The largest absolute Gasteiger partial charge is 0.256 e. The van der Waals surface area contributed by atoms with E-state index >= 15 is 0 Å². The first kappa shape index (κ1) is 17.4. The summed E-state index contributed by atoms with van der Waals surface area (Å²) in [5, 5.41) is 0. The second kappa shape index (κ2) is 8.39. The van der Waals surface area contributed by atoms with E-state index in [9.17, 15) is 0 Å². The smallest absolute Gasteiger partial charge is 0.0708 e. The van der Waals surface area contributed by atoms with Gasteiger partial charge >= 0.3 is 0 Å². The zero-order chi connectivity index (χ0) is 24.6. The number of rotatable bonds is 6. The number of aromatic nitrogens is 1. The number of nitrogens with zero attached hydrogens (tertiary/aromatic N) is 1. The first-order chi connectivity index (χ1) is 16.9. The van der Waals surface area contributed by atoms with Gasteiger partial charge in [-0.1, -0.05) is 93.4 Å². The molecule has 1 heteroatoms. The van der Waals surface area contributed by atoms with Gasteiger partial charge in [0.1, 0.15) is 0 Å². The van der Waals surface area contributed by atoms with E-state index in [-0.39, 0.29) is 11.0 Å². The van der Waals surface area contributed by atoms with Gasteiger partial charge in [-0.15, -0.1) is 0 Å². The summed E-state index contributed by atoms with van der Waals surface area (Å²) in [7, 11) is 0. The van der Waals surface area contributed by atoms with Gasteiger partial charge in [0.25, 0.3) is 0 Å². The van der Waals surface area contributed by atoms with E-state index in [0.29, 0.717) is 5.56 Å². The molecule has 160 valence electrons. The Bertz CT molecular complexity index is 1350. The van der Waals surface area contributed by atoms with Gasteiger partial charge in [0.15, 0.2) is 0 Å². The minimum Gasteiger partial charge on any atom is -0.256 e. The Morgan fingerprint density at radius 1 is 0.719 bits per heavy atom. The molecule has 0 N–H and O–H groups in total. The van der Waals surface area contributed by atoms with Crippen LogP contribution in [0.4, 0.5) is 0 Å². The molecule has 0 amide bonds. The summed E-state index contributed by atoms with van der Waals surface area (Å²) in [6.07, 6.45) is 5.98. The molecule has 0 saturated carbocycles. The third kappa shape index (κ3) is 3.28. The van der Waals surface area contributed by atoms with Crippen molar-refractivity contribution < 1.29 is 4.11 Å². The number of fused-ring (bicyclic) bond motifs is 3. The van der Waals surface area contributed by atoms with Crippen LogP contribution >= 0.6 is 0 Å². The number of pyridine rings is 1. The van der Waals surface area contributed by atoms with Crippen LogP contribution < -0.4 is 0 Å². The van der Waals surface area contributed by atoms with Crippen LogP contribution in [0.15, 0.2) is 85.1 Å². The Morgan fingerprint density at radius 3 is 2.19 bits per heavy atom. The fourth-order valence-electron chi connectivity index (χ4n) is 5.60. The van der Waals surface area contributed by atoms with Crippen molar-refractivity contribution in [2.75, 3.05) is 0 Å². The van der Waals surface area contributed by atoms with Crippen molar-refractivity contribution in [2.45, 2.75) is 51.8 Å². The monoisotopic (exact) mass is 420 g/mol. The van der Waals surface area contributed by atoms with E-state index < -0.39 is 6.85 Å². The zero-order valence-electron chi connectivity index (χ0n) is 21.9. The van der Waals surface area contributed by atoms with Crippen LogP contribution in [0.25, 0.3) is 33.5 Å². The minimum absolute atomic E-state index is 0.00628. The van der Waals surface area contributed by atoms with Gasteiger partial charge in [-0.3, -0.25) is 4.98 Å². The summed E-state index contributed by atoms with van der Waals surface area (Å²) < 4.78 is 24.2. The summed E-state index contributed by atoms with van der Waals surface area (Å²) in [6, 6.07) is 27.2. The van der Waals surface area contributed by atoms with Crippen LogP contribution in [0.2, 0.25) is 0 Å². The summed E-state index contributed by atoms with van der Waals surface area (Å²) >= 11 is 0. The maximum absolute atomic E-state index is 8.05. The molecule has 0 aliphatic heterocycles. The third-order valence-electron chi connectivity index (χ3n) is 6.91. The van der Waals surface area contributed by atoms with E-state index in [1.807, 2.05) is 36.4 Å². The number of benzene rings is 3. The van der Waals surface area contributed by atoms with Crippen molar-refractivity contribution in [1.82, 2.24) is 4.98 Å². The lowest BCUT2D eigenvalue weighted by atomic mass is 9.71. The molecule has 1 aliphatic rings. The first-order valence-electron chi connectivity index (χ1n) is 13.2. The maximum atomic E-state index is 8.05. The molecular weight excluding hydrogens is 386 g/mol. The molecule has 0 bridgehead atoms. The Labute approximate surface area is 196 Å². The molecule has 1 aromatic heterocycles. The first-order valence-corrected chi connectivity index (χ1v) is 11.7. The molecular formula is C31H31N. The Morgan fingerprint density at radius 2 is 1.44 bits per heavy atom. The van der Waals surface area contributed by atoms with Crippen molar-refractivity contribution in [2.24, 2.45) is 0 Å². The van der Waals surface area contributed by atoms with E-state index in [1.54, 1.807) is 0 Å². The second-order valence-corrected chi connectivity index (χ2v) is 8.87. The van der Waals surface area contributed by atoms with Gasteiger partial charge in [0, 0.05) is 21.3 Å². The molecule has 4 aromatic rings. The van der Waals surface area contributed by atoms with Crippen LogP contribution in [0.1, 0.15) is 60.3 Å². The number of hydrogen-bond acceptors (Lipinski definition) is 1. The van der Waals surface area contributed by atoms with Crippen LogP contribution in [0, 0.1) is 6.85 Å². The predicted octanol–water partition coefficient (Wildman–Crippen LogP) is 8.59. The van der Waals surface area contributed by atoms with Gasteiger partial charge in [-0.05, 0) is 70.8 Å². The van der Waals surface area contributed by atoms with Crippen molar-refractivity contribution in [3.05, 3.63) is 102 Å². The standard InChI is InChI=1S/C31H31N/c1-4-17-31(18-5-2)28-14-10-9-13-25(28)26-16-15-24(19-29(26)31)30-20-27(22(3)21-32-30)23-11-7-6-8-12-23/h6-16,19-21H,4-5,17-18H2,1-3H3/i3D3. The summed E-state index contributed by atoms with van der Waals surface area (Å²) in [4.78, 5) is 4.66. The van der Waals surface area contributed by atoms with Gasteiger partial charge in [-0.2, -0.15) is 0 Å². The molecule has 1 nitrogen and oxygen atoms in total. The predicted molar refractivity (Wildman–Crippen MR) is 136 cm³/mol. The highest BCUT2D eigenvalue weighted by Crippen LogP contribution is 2.54.